The molecule has 0 fully saturated rings. The van der Waals surface area contributed by atoms with E-state index in [-0.39, 0.29) is 13.4 Å². The summed E-state index contributed by atoms with van der Waals surface area (Å²) in [7, 11) is 0. The van der Waals surface area contributed by atoms with Crippen LogP contribution in [0, 0.1) is 0 Å². The third kappa shape index (κ3) is 3.83. The number of hydrogen-bond acceptors (Lipinski definition) is 2. The van der Waals surface area contributed by atoms with E-state index in [1.165, 1.54) is 163 Å². The van der Waals surface area contributed by atoms with Crippen molar-refractivity contribution in [2.24, 2.45) is 0 Å². The molecule has 5 heterocycles. The SMILES string of the molecule is c1cc2c3c(c1)B1c4c(coc4N3c3cc4c5ccccc5c5ccccc5c4c4c3B2c2ccc3c5ccccc5c5ccccc5c3c2-4)-c2ccc3c4ccccc4c4ccccc4c3c21. The molecule has 0 atom stereocenters. The van der Waals surface area contributed by atoms with E-state index in [1.807, 2.05) is 0 Å². The molecule has 14 aromatic rings. The molecule has 0 radical (unpaired) electrons. The molecule has 0 saturated heterocycles. The Labute approximate surface area is 390 Å². The lowest BCUT2D eigenvalue weighted by Gasteiger charge is -2.40. The number of anilines is 3. The van der Waals surface area contributed by atoms with E-state index in [1.54, 1.807) is 0 Å². The average Bonchev–Trinajstić information content (AvgIpc) is 4.10. The van der Waals surface area contributed by atoms with Gasteiger partial charge < -0.3 is 4.42 Å². The summed E-state index contributed by atoms with van der Waals surface area (Å²) in [5, 5.41) is 23.5. The molecule has 13 aromatic carbocycles. The molecule has 18 rings (SSSR count). The quantitative estimate of drug-likeness (QED) is 0.112. The number of rotatable bonds is 0. The molecule has 0 aliphatic carbocycles. The van der Waals surface area contributed by atoms with E-state index in [0.29, 0.717) is 0 Å². The third-order valence-corrected chi connectivity index (χ3v) is 16.9. The Kier molecular flexibility index (Phi) is 6.05. The lowest BCUT2D eigenvalue weighted by molar-refractivity contribution is 0.576. The molecular formula is C64H33B2NO. The van der Waals surface area contributed by atoms with E-state index in [2.05, 4.69) is 205 Å². The molecular weight excluding hydrogens is 820 g/mol. The second kappa shape index (κ2) is 11.9. The van der Waals surface area contributed by atoms with Crippen LogP contribution in [0.25, 0.3) is 119 Å². The van der Waals surface area contributed by atoms with Gasteiger partial charge in [0.15, 0.2) is 5.88 Å². The second-order valence-electron chi connectivity index (χ2n) is 19.6. The molecule has 0 unspecified atom stereocenters. The first-order chi connectivity index (χ1) is 33.8. The summed E-state index contributed by atoms with van der Waals surface area (Å²) in [6.07, 6.45) is 2.07. The number of hydrogen-bond donors (Lipinski definition) is 0. The highest BCUT2D eigenvalue weighted by Crippen LogP contribution is 2.52. The number of para-hydroxylation sites is 1. The number of furan rings is 1. The van der Waals surface area contributed by atoms with Crippen molar-refractivity contribution in [1.29, 1.82) is 0 Å². The van der Waals surface area contributed by atoms with Gasteiger partial charge in [-0.15, -0.1) is 0 Å². The highest BCUT2D eigenvalue weighted by Gasteiger charge is 2.52. The van der Waals surface area contributed by atoms with Gasteiger partial charge in [-0.25, -0.2) is 0 Å². The monoisotopic (exact) mass is 853 g/mol. The smallest absolute Gasteiger partial charge is 0.253 e. The van der Waals surface area contributed by atoms with Crippen molar-refractivity contribution in [3.05, 3.63) is 200 Å². The van der Waals surface area contributed by atoms with Crippen molar-refractivity contribution in [2.75, 3.05) is 4.90 Å². The number of fused-ring (bicyclic) bond motifs is 31. The fourth-order valence-electron chi connectivity index (χ4n) is 14.5. The first-order valence-electron chi connectivity index (χ1n) is 24.0. The van der Waals surface area contributed by atoms with Crippen LogP contribution in [0.15, 0.2) is 205 Å². The van der Waals surface area contributed by atoms with Gasteiger partial charge in [-0.1, -0.05) is 199 Å². The van der Waals surface area contributed by atoms with Crippen molar-refractivity contribution in [1.82, 2.24) is 0 Å². The number of benzene rings is 13. The maximum atomic E-state index is 7.09. The molecule has 306 valence electrons. The topological polar surface area (TPSA) is 16.4 Å². The summed E-state index contributed by atoms with van der Waals surface area (Å²) >= 11 is 0. The van der Waals surface area contributed by atoms with Crippen LogP contribution in [-0.4, -0.2) is 13.4 Å². The van der Waals surface area contributed by atoms with E-state index in [9.17, 15) is 0 Å². The zero-order valence-electron chi connectivity index (χ0n) is 36.6. The van der Waals surface area contributed by atoms with Gasteiger partial charge in [-0.3, -0.25) is 4.90 Å². The van der Waals surface area contributed by atoms with Crippen LogP contribution in [0.2, 0.25) is 0 Å². The molecule has 0 spiro atoms. The van der Waals surface area contributed by atoms with E-state index >= 15 is 0 Å². The van der Waals surface area contributed by atoms with Crippen LogP contribution >= 0.6 is 0 Å². The average molecular weight is 854 g/mol. The minimum atomic E-state index is 0.00672. The van der Waals surface area contributed by atoms with Gasteiger partial charge in [-0.2, -0.15) is 0 Å². The maximum absolute atomic E-state index is 7.09. The standard InChI is InChI=1S/C64H33B2NO/c1-4-20-40-34(14-1)37-17-7-10-23-43(37)55-46(40)30-31-51-58(55)59-56-44-24-11-8-18-38(44)36-16-3-6-22-42(36)49(56)32-54-62(59)65(51)52-26-13-27-53-63(52)67(54)64-61-50(33-68-64)48-29-28-47-41-21-5-2-15-35(41)39-19-9-12-25-45(39)57(47)60(48)66(53)61/h1-33H. The van der Waals surface area contributed by atoms with Gasteiger partial charge in [0.05, 0.1) is 0 Å². The highest BCUT2D eigenvalue weighted by atomic mass is 16.3. The Hall–Kier alpha value is -8.59. The summed E-state index contributed by atoms with van der Waals surface area (Å²) in [5.41, 5.74) is 15.8. The Balaban J connectivity index is 1.04. The van der Waals surface area contributed by atoms with Crippen molar-refractivity contribution in [3.8, 4) is 22.3 Å². The second-order valence-corrected chi connectivity index (χ2v) is 19.6. The molecule has 4 heteroatoms. The summed E-state index contributed by atoms with van der Waals surface area (Å²) in [4.78, 5) is 2.56. The van der Waals surface area contributed by atoms with Gasteiger partial charge in [-0.05, 0) is 136 Å². The Bertz CT molecular complexity index is 4700. The van der Waals surface area contributed by atoms with Gasteiger partial charge in [0.25, 0.3) is 6.71 Å². The lowest BCUT2D eigenvalue weighted by atomic mass is 9.32. The fraction of sp³-hybridized carbons (Fsp3) is 0. The molecule has 2 nitrogen and oxygen atoms in total. The zero-order chi connectivity index (χ0) is 43.7. The highest BCUT2D eigenvalue weighted by molar-refractivity contribution is 7.06. The van der Waals surface area contributed by atoms with Crippen LogP contribution in [-0.2, 0) is 0 Å². The van der Waals surface area contributed by atoms with Crippen LogP contribution in [0.4, 0.5) is 17.3 Å². The molecule has 0 saturated carbocycles. The van der Waals surface area contributed by atoms with Crippen LogP contribution in [0.5, 0.6) is 0 Å². The predicted octanol–water partition coefficient (Wildman–Crippen LogP) is 12.7. The minimum Gasteiger partial charge on any atom is -0.448 e. The van der Waals surface area contributed by atoms with Crippen molar-refractivity contribution in [2.45, 2.75) is 0 Å². The van der Waals surface area contributed by atoms with Crippen molar-refractivity contribution >= 4 is 160 Å². The van der Waals surface area contributed by atoms with Gasteiger partial charge in [0.1, 0.15) is 6.26 Å². The van der Waals surface area contributed by atoms with E-state index in [0.717, 1.165) is 5.88 Å². The first kappa shape index (κ1) is 34.7. The summed E-state index contributed by atoms with van der Waals surface area (Å²) in [6.45, 7) is 0.0202. The largest absolute Gasteiger partial charge is 0.448 e. The molecule has 0 bridgehead atoms. The van der Waals surface area contributed by atoms with Crippen LogP contribution in [0.1, 0.15) is 0 Å². The predicted molar refractivity (Wildman–Crippen MR) is 291 cm³/mol. The Morgan fingerprint density at radius 3 is 1.32 bits per heavy atom. The third-order valence-electron chi connectivity index (χ3n) is 16.9. The van der Waals surface area contributed by atoms with Gasteiger partial charge in [0, 0.05) is 22.4 Å². The van der Waals surface area contributed by atoms with Crippen molar-refractivity contribution < 1.29 is 4.42 Å². The number of nitrogens with zero attached hydrogens (tertiary/aromatic N) is 1. The lowest BCUT2D eigenvalue weighted by Crippen LogP contribution is -2.62. The maximum Gasteiger partial charge on any atom is 0.253 e. The van der Waals surface area contributed by atoms with Gasteiger partial charge in [0.2, 0.25) is 6.71 Å². The van der Waals surface area contributed by atoms with E-state index < -0.39 is 0 Å². The summed E-state index contributed by atoms with van der Waals surface area (Å²) in [5.74, 6) is 0.946. The molecule has 68 heavy (non-hydrogen) atoms. The molecule has 1 aromatic heterocycles. The minimum absolute atomic E-state index is 0.00672. The zero-order valence-corrected chi connectivity index (χ0v) is 36.6. The summed E-state index contributed by atoms with van der Waals surface area (Å²) in [6, 6.07) is 73.8. The fourth-order valence-corrected chi connectivity index (χ4v) is 14.5. The van der Waals surface area contributed by atoms with Crippen LogP contribution in [0.3, 0.4) is 0 Å². The first-order valence-corrected chi connectivity index (χ1v) is 24.0. The molecule has 0 amide bonds. The molecule has 4 aliphatic heterocycles. The Morgan fingerprint density at radius 1 is 0.309 bits per heavy atom. The Morgan fingerprint density at radius 2 is 0.750 bits per heavy atom. The molecule has 4 aliphatic rings. The normalized spacial score (nSPS) is 13.8. The van der Waals surface area contributed by atoms with Crippen molar-refractivity contribution in [3.63, 3.8) is 0 Å². The van der Waals surface area contributed by atoms with E-state index in [4.69, 9.17) is 4.42 Å². The molecule has 0 N–H and O–H groups in total. The van der Waals surface area contributed by atoms with Gasteiger partial charge >= 0.3 is 0 Å². The van der Waals surface area contributed by atoms with Crippen LogP contribution < -0.4 is 37.7 Å². The summed E-state index contributed by atoms with van der Waals surface area (Å²) < 4.78 is 7.09.